The van der Waals surface area contributed by atoms with Crippen molar-refractivity contribution in [1.82, 2.24) is 20.1 Å². The minimum Gasteiger partial charge on any atom is -0.320 e. The molecule has 2 atom stereocenters. The number of benzene rings is 2. The standard InChI is InChI=1S/C29H34ClN5O/c1-18(31-15-19-6-3-7-19)22-13-24-25(26(30)14-22)16-35(29(24)36)23-11-5-10-21(12-23)27(20-8-4-9-20)28-33-32-17-34(28)2/h5,10-14,17-20,27,31H,3-4,6-9,15-16H2,1-2H3/t18-,27+/m1/s1. The molecule has 2 saturated carbocycles. The molecule has 1 N–H and O–H groups in total. The van der Waals surface area contributed by atoms with Gasteiger partial charge in [-0.15, -0.1) is 10.2 Å². The third-order valence-corrected chi connectivity index (χ3v) is 8.97. The lowest BCUT2D eigenvalue weighted by molar-refractivity contribution is 0.0996. The van der Waals surface area contributed by atoms with E-state index < -0.39 is 0 Å². The molecule has 2 fully saturated rings. The van der Waals surface area contributed by atoms with Crippen LogP contribution in [0.25, 0.3) is 0 Å². The first-order valence-corrected chi connectivity index (χ1v) is 13.7. The first kappa shape index (κ1) is 23.7. The minimum absolute atomic E-state index is 0.0240. The van der Waals surface area contributed by atoms with E-state index in [9.17, 15) is 4.79 Å². The van der Waals surface area contributed by atoms with Crippen molar-refractivity contribution in [1.29, 1.82) is 0 Å². The van der Waals surface area contributed by atoms with E-state index in [2.05, 4.69) is 40.6 Å². The van der Waals surface area contributed by atoms with Gasteiger partial charge in [-0.2, -0.15) is 0 Å². The van der Waals surface area contributed by atoms with Gasteiger partial charge < -0.3 is 14.8 Å². The second kappa shape index (κ2) is 9.64. The van der Waals surface area contributed by atoms with E-state index in [0.29, 0.717) is 17.5 Å². The van der Waals surface area contributed by atoms with Gasteiger partial charge >= 0.3 is 0 Å². The molecule has 188 valence electrons. The number of hydrogen-bond donors (Lipinski definition) is 1. The van der Waals surface area contributed by atoms with Crippen molar-refractivity contribution in [2.75, 3.05) is 11.4 Å². The number of halogens is 1. The van der Waals surface area contributed by atoms with Crippen LogP contribution in [-0.2, 0) is 13.6 Å². The van der Waals surface area contributed by atoms with Gasteiger partial charge in [-0.1, -0.05) is 36.6 Å². The third kappa shape index (κ3) is 4.24. The maximum Gasteiger partial charge on any atom is 0.258 e. The van der Waals surface area contributed by atoms with Crippen LogP contribution in [-0.4, -0.2) is 27.2 Å². The predicted molar refractivity (Wildman–Crippen MR) is 142 cm³/mol. The first-order valence-electron chi connectivity index (χ1n) is 13.3. The Kier molecular flexibility index (Phi) is 6.34. The van der Waals surface area contributed by atoms with E-state index in [4.69, 9.17) is 11.6 Å². The average molecular weight is 504 g/mol. The number of amides is 1. The molecule has 36 heavy (non-hydrogen) atoms. The summed E-state index contributed by atoms with van der Waals surface area (Å²) in [5.74, 6) is 2.54. The molecule has 2 aliphatic carbocycles. The van der Waals surface area contributed by atoms with Gasteiger partial charge in [-0.05, 0) is 86.4 Å². The maximum atomic E-state index is 13.6. The number of nitrogens with one attached hydrogen (secondary N) is 1. The molecule has 3 aromatic rings. The Morgan fingerprint density at radius 3 is 2.58 bits per heavy atom. The molecule has 3 aliphatic rings. The number of anilines is 1. The average Bonchev–Trinajstić information content (AvgIpc) is 3.38. The smallest absolute Gasteiger partial charge is 0.258 e. The summed E-state index contributed by atoms with van der Waals surface area (Å²) >= 11 is 6.75. The molecule has 0 spiro atoms. The fourth-order valence-corrected chi connectivity index (χ4v) is 6.15. The van der Waals surface area contributed by atoms with Crippen molar-refractivity contribution in [2.24, 2.45) is 18.9 Å². The molecule has 1 amide bonds. The van der Waals surface area contributed by atoms with Crippen LogP contribution >= 0.6 is 11.6 Å². The lowest BCUT2D eigenvalue weighted by Gasteiger charge is -2.33. The van der Waals surface area contributed by atoms with Crippen molar-refractivity contribution in [3.8, 4) is 0 Å². The molecule has 2 heterocycles. The number of carbonyl (C=O) groups excluding carboxylic acids is 1. The van der Waals surface area contributed by atoms with Gasteiger partial charge in [0.05, 0.1) is 6.54 Å². The molecule has 6 rings (SSSR count). The van der Waals surface area contributed by atoms with Crippen molar-refractivity contribution in [3.63, 3.8) is 0 Å². The molecule has 0 saturated heterocycles. The Labute approximate surface area is 218 Å². The van der Waals surface area contributed by atoms with E-state index >= 15 is 0 Å². The van der Waals surface area contributed by atoms with Crippen molar-refractivity contribution in [3.05, 3.63) is 75.8 Å². The van der Waals surface area contributed by atoms with Gasteiger partial charge in [0.2, 0.25) is 0 Å². The van der Waals surface area contributed by atoms with Crippen LogP contribution in [0, 0.1) is 11.8 Å². The zero-order valence-corrected chi connectivity index (χ0v) is 21.8. The van der Waals surface area contributed by atoms with Crippen LogP contribution in [0.3, 0.4) is 0 Å². The monoisotopic (exact) mass is 503 g/mol. The van der Waals surface area contributed by atoms with E-state index in [1.165, 1.54) is 44.1 Å². The second-order valence-corrected chi connectivity index (χ2v) is 11.3. The highest BCUT2D eigenvalue weighted by atomic mass is 35.5. The molecular formula is C29H34ClN5O. The molecule has 0 bridgehead atoms. The van der Waals surface area contributed by atoms with Gasteiger partial charge in [0.25, 0.3) is 5.91 Å². The summed E-state index contributed by atoms with van der Waals surface area (Å²) in [6, 6.07) is 12.7. The fourth-order valence-electron chi connectivity index (χ4n) is 5.87. The second-order valence-electron chi connectivity index (χ2n) is 10.9. The number of hydrogen-bond acceptors (Lipinski definition) is 4. The van der Waals surface area contributed by atoms with Crippen LogP contribution in [0.5, 0.6) is 0 Å². The predicted octanol–water partition coefficient (Wildman–Crippen LogP) is 6.01. The van der Waals surface area contributed by atoms with Crippen LogP contribution < -0.4 is 10.2 Å². The lowest BCUT2D eigenvalue weighted by Crippen LogP contribution is -2.29. The van der Waals surface area contributed by atoms with Crippen LogP contribution in [0.1, 0.15) is 90.3 Å². The van der Waals surface area contributed by atoms with Crippen LogP contribution in [0.15, 0.2) is 42.7 Å². The van der Waals surface area contributed by atoms with E-state index in [1.54, 1.807) is 6.33 Å². The minimum atomic E-state index is 0.0240. The number of nitrogens with zero attached hydrogens (tertiary/aromatic N) is 4. The van der Waals surface area contributed by atoms with Crippen molar-refractivity contribution >= 4 is 23.2 Å². The fraction of sp³-hybridized carbons (Fsp3) is 0.483. The van der Waals surface area contributed by atoms with Crippen molar-refractivity contribution in [2.45, 2.75) is 64.0 Å². The summed E-state index contributed by atoms with van der Waals surface area (Å²) in [6.07, 6.45) is 9.39. The highest BCUT2D eigenvalue weighted by Crippen LogP contribution is 2.44. The maximum absolute atomic E-state index is 13.6. The number of aryl methyl sites for hydroxylation is 1. The number of fused-ring (bicyclic) bond motifs is 1. The summed E-state index contributed by atoms with van der Waals surface area (Å²) in [5, 5.41) is 12.9. The summed E-state index contributed by atoms with van der Waals surface area (Å²) in [5.41, 5.74) is 4.83. The van der Waals surface area contributed by atoms with Gasteiger partial charge in [-0.3, -0.25) is 4.79 Å². The lowest BCUT2D eigenvalue weighted by atomic mass is 9.72. The normalized spacial score (nSPS) is 19.6. The van der Waals surface area contributed by atoms with Crippen molar-refractivity contribution < 1.29 is 4.79 Å². The third-order valence-electron chi connectivity index (χ3n) is 8.63. The SMILES string of the molecule is C[C@@H](NCC1CCC1)c1cc(Cl)c2c(c1)C(=O)N(c1cccc([C@@H](c3nncn3C)C3CCC3)c1)C2. The quantitative estimate of drug-likeness (QED) is 0.408. The van der Waals surface area contributed by atoms with Crippen LogP contribution in [0.4, 0.5) is 5.69 Å². The highest BCUT2D eigenvalue weighted by Gasteiger charge is 2.35. The molecule has 0 unspecified atom stereocenters. The molecule has 6 nitrogen and oxygen atoms in total. The van der Waals surface area contributed by atoms with Crippen LogP contribution in [0.2, 0.25) is 5.02 Å². The summed E-state index contributed by atoms with van der Waals surface area (Å²) < 4.78 is 2.02. The summed E-state index contributed by atoms with van der Waals surface area (Å²) in [6.45, 7) is 3.68. The molecule has 2 aromatic carbocycles. The Bertz CT molecular complexity index is 1280. The van der Waals surface area contributed by atoms with E-state index in [1.807, 2.05) is 34.7 Å². The van der Waals surface area contributed by atoms with E-state index in [0.717, 1.165) is 40.7 Å². The topological polar surface area (TPSA) is 63.1 Å². The highest BCUT2D eigenvalue weighted by molar-refractivity contribution is 6.32. The number of carbonyl (C=O) groups is 1. The number of rotatable bonds is 8. The molecule has 1 aromatic heterocycles. The van der Waals surface area contributed by atoms with Gasteiger partial charge in [0.1, 0.15) is 12.2 Å². The molecule has 0 radical (unpaired) electrons. The first-order chi connectivity index (χ1) is 17.5. The Morgan fingerprint density at radius 1 is 1.11 bits per heavy atom. The zero-order chi connectivity index (χ0) is 24.8. The molecule has 7 heteroatoms. The Morgan fingerprint density at radius 2 is 1.92 bits per heavy atom. The van der Waals surface area contributed by atoms with Gasteiger partial charge in [0, 0.05) is 40.8 Å². The van der Waals surface area contributed by atoms with E-state index in [-0.39, 0.29) is 17.9 Å². The van der Waals surface area contributed by atoms with Gasteiger partial charge in [-0.25, -0.2) is 0 Å². The van der Waals surface area contributed by atoms with Gasteiger partial charge in [0.15, 0.2) is 0 Å². The Hall–Kier alpha value is -2.70. The summed E-state index contributed by atoms with van der Waals surface area (Å²) in [7, 11) is 2.01. The Balaban J connectivity index is 1.26. The number of aromatic nitrogens is 3. The molecule has 1 aliphatic heterocycles. The molecular weight excluding hydrogens is 470 g/mol. The zero-order valence-electron chi connectivity index (χ0n) is 21.1. The largest absolute Gasteiger partial charge is 0.320 e. The summed E-state index contributed by atoms with van der Waals surface area (Å²) in [4.78, 5) is 15.5.